The van der Waals surface area contributed by atoms with Crippen LogP contribution in [0.3, 0.4) is 0 Å². The van der Waals surface area contributed by atoms with Gasteiger partial charge in [-0.25, -0.2) is 4.98 Å². The number of aliphatic hydroxyl groups excluding tert-OH is 1. The molecule has 1 unspecified atom stereocenters. The Hall–Kier alpha value is -4.85. The summed E-state index contributed by atoms with van der Waals surface area (Å²) in [7, 11) is 5.69. The van der Waals surface area contributed by atoms with Gasteiger partial charge in [-0.1, -0.05) is 12.1 Å². The molecule has 0 saturated carbocycles. The van der Waals surface area contributed by atoms with Crippen LogP contribution in [0.5, 0.6) is 5.75 Å². The number of alkyl halides is 3. The average Bonchev–Trinajstić information content (AvgIpc) is 2.94. The van der Waals surface area contributed by atoms with Gasteiger partial charge in [0.25, 0.3) is 17.7 Å². The molecule has 41 heavy (non-hydrogen) atoms. The first kappa shape index (κ1) is 30.7. The van der Waals surface area contributed by atoms with Gasteiger partial charge in [-0.2, -0.15) is 13.2 Å². The Morgan fingerprint density at radius 3 is 2.34 bits per heavy atom. The normalized spacial score (nSPS) is 11.7. The van der Waals surface area contributed by atoms with E-state index in [1.807, 2.05) is 0 Å². The highest BCUT2D eigenvalue weighted by molar-refractivity contribution is 6.00. The third-order valence-electron chi connectivity index (χ3n) is 5.79. The molecule has 1 heterocycles. The van der Waals surface area contributed by atoms with Crippen LogP contribution in [0.2, 0.25) is 0 Å². The molecule has 0 aliphatic carbocycles. The van der Waals surface area contributed by atoms with E-state index in [0.29, 0.717) is 6.20 Å². The number of methoxy groups -OCH3 is 1. The first-order chi connectivity index (χ1) is 19.3. The molecule has 0 fully saturated rings. The summed E-state index contributed by atoms with van der Waals surface area (Å²) in [5.41, 5.74) is -0.680. The SMILES string of the molecule is CNC(=O)c1ccccc1Nc1cc(Nc2ccc(C(=O)NCC(O)C(=O)N(C)C)cc2OC)ncc1C(F)(F)F. The van der Waals surface area contributed by atoms with Crippen molar-refractivity contribution in [2.75, 3.05) is 45.4 Å². The summed E-state index contributed by atoms with van der Waals surface area (Å²) in [4.78, 5) is 41.6. The summed E-state index contributed by atoms with van der Waals surface area (Å²) in [6, 6.07) is 11.5. The van der Waals surface area contributed by atoms with Crippen molar-refractivity contribution in [1.29, 1.82) is 0 Å². The first-order valence-corrected chi connectivity index (χ1v) is 12.1. The second-order valence-electron chi connectivity index (χ2n) is 8.86. The molecule has 5 N–H and O–H groups in total. The maximum absolute atomic E-state index is 13.8. The standard InChI is InChI=1S/C27H29F3N6O5/c1-31-25(39)16-7-5-6-8-18(16)34-20-12-23(32-13-17(20)27(28,29)30)35-19-10-9-15(11-22(19)41-4)24(38)33-14-21(37)26(40)36(2)3/h5-13,21,37H,14H2,1-4H3,(H,31,39)(H,33,38)(H2,32,34,35). The number of aliphatic hydroxyl groups is 1. The number of hydrogen-bond donors (Lipinski definition) is 5. The molecule has 3 rings (SSSR count). The topological polar surface area (TPSA) is 145 Å². The molecule has 0 bridgehead atoms. The predicted molar refractivity (Wildman–Crippen MR) is 146 cm³/mol. The summed E-state index contributed by atoms with van der Waals surface area (Å²) in [6.45, 7) is -0.313. The van der Waals surface area contributed by atoms with Gasteiger partial charge in [0.1, 0.15) is 17.7 Å². The zero-order valence-electron chi connectivity index (χ0n) is 22.6. The van der Waals surface area contributed by atoms with Gasteiger partial charge < -0.3 is 36.0 Å². The monoisotopic (exact) mass is 574 g/mol. The minimum atomic E-state index is -4.74. The lowest BCUT2D eigenvalue weighted by Crippen LogP contribution is -2.42. The number of halogens is 3. The highest BCUT2D eigenvalue weighted by Crippen LogP contribution is 2.38. The highest BCUT2D eigenvalue weighted by atomic mass is 19.4. The number of rotatable bonds is 10. The van der Waals surface area contributed by atoms with Crippen LogP contribution in [0.25, 0.3) is 0 Å². The molecular formula is C27H29F3N6O5. The van der Waals surface area contributed by atoms with E-state index in [4.69, 9.17) is 4.74 Å². The van der Waals surface area contributed by atoms with E-state index in [0.717, 1.165) is 6.07 Å². The number of carbonyl (C=O) groups is 3. The Kier molecular flexibility index (Phi) is 9.73. The van der Waals surface area contributed by atoms with E-state index in [1.54, 1.807) is 12.1 Å². The number of likely N-dealkylation sites (N-methyl/N-ethyl adjacent to an activating group) is 1. The molecule has 0 aliphatic heterocycles. The zero-order valence-corrected chi connectivity index (χ0v) is 22.6. The van der Waals surface area contributed by atoms with Crippen molar-refractivity contribution < 1.29 is 37.4 Å². The van der Waals surface area contributed by atoms with Crippen molar-refractivity contribution in [3.8, 4) is 5.75 Å². The van der Waals surface area contributed by atoms with Gasteiger partial charge in [-0.05, 0) is 30.3 Å². The van der Waals surface area contributed by atoms with Crippen molar-refractivity contribution >= 4 is 40.6 Å². The molecule has 0 aliphatic rings. The molecule has 0 spiro atoms. The van der Waals surface area contributed by atoms with Crippen LogP contribution in [0.4, 0.5) is 36.1 Å². The fourth-order valence-corrected chi connectivity index (χ4v) is 3.67. The number of carbonyl (C=O) groups excluding carboxylic acids is 3. The van der Waals surface area contributed by atoms with Crippen LogP contribution in [0.15, 0.2) is 54.7 Å². The number of para-hydroxylation sites is 1. The number of hydrogen-bond acceptors (Lipinski definition) is 8. The summed E-state index contributed by atoms with van der Waals surface area (Å²) >= 11 is 0. The molecule has 0 saturated heterocycles. The lowest BCUT2D eigenvalue weighted by Gasteiger charge is -2.18. The molecular weight excluding hydrogens is 545 g/mol. The fourth-order valence-electron chi connectivity index (χ4n) is 3.67. The molecule has 14 heteroatoms. The van der Waals surface area contributed by atoms with Crippen LogP contribution in [-0.4, -0.2) is 73.6 Å². The maximum Gasteiger partial charge on any atom is 0.419 e. The van der Waals surface area contributed by atoms with Gasteiger partial charge in [-0.3, -0.25) is 14.4 Å². The average molecular weight is 575 g/mol. The lowest BCUT2D eigenvalue weighted by atomic mass is 10.1. The summed E-state index contributed by atoms with van der Waals surface area (Å²) < 4.78 is 46.7. The van der Waals surface area contributed by atoms with Crippen LogP contribution < -0.4 is 26.0 Å². The molecule has 2 aromatic carbocycles. The number of aromatic nitrogens is 1. The van der Waals surface area contributed by atoms with Crippen LogP contribution in [0, 0.1) is 0 Å². The first-order valence-electron chi connectivity index (χ1n) is 12.1. The quantitative estimate of drug-likeness (QED) is 0.248. The highest BCUT2D eigenvalue weighted by Gasteiger charge is 2.34. The van der Waals surface area contributed by atoms with Crippen LogP contribution in [-0.2, 0) is 11.0 Å². The second-order valence-corrected chi connectivity index (χ2v) is 8.86. The van der Waals surface area contributed by atoms with Crippen molar-refractivity contribution in [2.45, 2.75) is 12.3 Å². The van der Waals surface area contributed by atoms with Crippen molar-refractivity contribution in [1.82, 2.24) is 20.5 Å². The number of pyridine rings is 1. The van der Waals surface area contributed by atoms with Gasteiger partial charge in [0.05, 0.1) is 41.8 Å². The number of ether oxygens (including phenoxy) is 1. The molecule has 218 valence electrons. The van der Waals surface area contributed by atoms with E-state index in [-0.39, 0.29) is 46.3 Å². The largest absolute Gasteiger partial charge is 0.495 e. The number of amides is 3. The number of benzene rings is 2. The van der Waals surface area contributed by atoms with E-state index in [9.17, 15) is 32.7 Å². The van der Waals surface area contributed by atoms with E-state index in [1.165, 1.54) is 63.5 Å². The third kappa shape index (κ3) is 7.63. The van der Waals surface area contributed by atoms with Crippen LogP contribution >= 0.6 is 0 Å². The Morgan fingerprint density at radius 1 is 1.00 bits per heavy atom. The minimum Gasteiger partial charge on any atom is -0.495 e. The van der Waals surface area contributed by atoms with E-state index >= 15 is 0 Å². The number of anilines is 4. The Morgan fingerprint density at radius 2 is 1.71 bits per heavy atom. The predicted octanol–water partition coefficient (Wildman–Crippen LogP) is 3.13. The van der Waals surface area contributed by atoms with Gasteiger partial charge in [-0.15, -0.1) is 0 Å². The molecule has 1 atom stereocenters. The maximum atomic E-state index is 13.8. The van der Waals surface area contributed by atoms with Gasteiger partial charge in [0.15, 0.2) is 0 Å². The summed E-state index contributed by atoms with van der Waals surface area (Å²) in [6.07, 6.45) is -5.51. The lowest BCUT2D eigenvalue weighted by molar-refractivity contribution is -0.137. The Balaban J connectivity index is 1.87. The van der Waals surface area contributed by atoms with Crippen molar-refractivity contribution in [3.05, 3.63) is 71.4 Å². The van der Waals surface area contributed by atoms with E-state index < -0.39 is 35.6 Å². The molecule has 11 nitrogen and oxygen atoms in total. The molecule has 0 radical (unpaired) electrons. The van der Waals surface area contributed by atoms with Gasteiger partial charge >= 0.3 is 6.18 Å². The summed E-state index contributed by atoms with van der Waals surface area (Å²) in [5, 5.41) is 20.4. The molecule has 1 aromatic heterocycles. The van der Waals surface area contributed by atoms with Gasteiger partial charge in [0, 0.05) is 39.0 Å². The smallest absolute Gasteiger partial charge is 0.419 e. The molecule has 3 amide bonds. The number of nitrogens with one attached hydrogen (secondary N) is 4. The Bertz CT molecular complexity index is 1430. The van der Waals surface area contributed by atoms with Crippen LogP contribution in [0.1, 0.15) is 26.3 Å². The van der Waals surface area contributed by atoms with Crippen molar-refractivity contribution in [3.63, 3.8) is 0 Å². The van der Waals surface area contributed by atoms with E-state index in [2.05, 4.69) is 26.3 Å². The Labute approximate surface area is 233 Å². The number of nitrogens with zero attached hydrogens (tertiary/aromatic N) is 2. The van der Waals surface area contributed by atoms with Gasteiger partial charge in [0.2, 0.25) is 0 Å². The minimum absolute atomic E-state index is 0.0127. The molecule has 3 aromatic rings. The third-order valence-corrected chi connectivity index (χ3v) is 5.79. The summed E-state index contributed by atoms with van der Waals surface area (Å²) in [5.74, 6) is -1.46. The zero-order chi connectivity index (χ0) is 30.3. The van der Waals surface area contributed by atoms with Crippen molar-refractivity contribution in [2.24, 2.45) is 0 Å². The fraction of sp³-hybridized carbons (Fsp3) is 0.259. The second kappa shape index (κ2) is 13.0.